The maximum Gasteiger partial charge on any atom is 0.273 e. The van der Waals surface area contributed by atoms with Crippen LogP contribution in [-0.2, 0) is 11.8 Å². The van der Waals surface area contributed by atoms with E-state index in [0.29, 0.717) is 11.6 Å². The lowest BCUT2D eigenvalue weighted by Gasteiger charge is -2.22. The summed E-state index contributed by atoms with van der Waals surface area (Å²) in [4.78, 5) is 20.9. The molecule has 3 aromatic rings. The van der Waals surface area contributed by atoms with Crippen molar-refractivity contribution in [2.45, 2.75) is 46.5 Å². The third-order valence-electron chi connectivity index (χ3n) is 4.04. The monoisotopic (exact) mass is 309 g/mol. The normalized spacial score (nSPS) is 12.4. The molecule has 0 saturated carbocycles. The van der Waals surface area contributed by atoms with Crippen molar-refractivity contribution in [1.29, 1.82) is 0 Å². The Morgan fingerprint density at radius 1 is 1.17 bits per heavy atom. The fraction of sp³-hybridized carbons (Fsp3) is 0.421. The van der Waals surface area contributed by atoms with E-state index in [0.717, 1.165) is 28.6 Å². The molecule has 4 nitrogen and oxygen atoms in total. The Morgan fingerprint density at radius 2 is 1.91 bits per heavy atom. The van der Waals surface area contributed by atoms with Gasteiger partial charge in [-0.05, 0) is 24.5 Å². The van der Waals surface area contributed by atoms with Crippen molar-refractivity contribution < 1.29 is 0 Å². The molecule has 0 spiro atoms. The first-order valence-corrected chi connectivity index (χ1v) is 8.08. The molecule has 0 aliphatic heterocycles. The van der Waals surface area contributed by atoms with Crippen LogP contribution in [0.15, 0.2) is 35.4 Å². The van der Waals surface area contributed by atoms with Crippen LogP contribution < -0.4 is 5.56 Å². The highest BCUT2D eigenvalue weighted by atomic mass is 16.1. The molecule has 0 aromatic carbocycles. The molecular weight excluding hydrogens is 286 g/mol. The standard InChI is InChI=1S/C19H23N3O/c1-12(2)10-15-13-7-9-22-16(19(3,4)5)11-17(23)21-18(22)14(13)6-8-20-15/h6-9,11-12H,10H2,1-5H3. The third-order valence-corrected chi connectivity index (χ3v) is 4.04. The Bertz CT molecular complexity index is 933. The van der Waals surface area contributed by atoms with Gasteiger partial charge in [0, 0.05) is 46.0 Å². The molecular formula is C19H23N3O. The lowest BCUT2D eigenvalue weighted by molar-refractivity contribution is 0.557. The van der Waals surface area contributed by atoms with E-state index in [1.54, 1.807) is 6.07 Å². The highest BCUT2D eigenvalue weighted by molar-refractivity contribution is 5.95. The minimum atomic E-state index is -0.190. The van der Waals surface area contributed by atoms with Crippen LogP contribution in [-0.4, -0.2) is 14.4 Å². The maximum atomic E-state index is 12.1. The van der Waals surface area contributed by atoms with Crippen LogP contribution >= 0.6 is 0 Å². The molecule has 0 saturated heterocycles. The summed E-state index contributed by atoms with van der Waals surface area (Å²) in [6, 6.07) is 5.68. The van der Waals surface area contributed by atoms with Gasteiger partial charge in [0.15, 0.2) is 0 Å². The van der Waals surface area contributed by atoms with Crippen molar-refractivity contribution in [2.75, 3.05) is 0 Å². The summed E-state index contributed by atoms with van der Waals surface area (Å²) < 4.78 is 2.03. The van der Waals surface area contributed by atoms with Gasteiger partial charge >= 0.3 is 0 Å². The molecule has 0 N–H and O–H groups in total. The van der Waals surface area contributed by atoms with E-state index in [4.69, 9.17) is 0 Å². The summed E-state index contributed by atoms with van der Waals surface area (Å²) in [6.07, 6.45) is 4.74. The molecule has 0 amide bonds. The van der Waals surface area contributed by atoms with E-state index >= 15 is 0 Å². The largest absolute Gasteiger partial charge is 0.304 e. The fourth-order valence-electron chi connectivity index (χ4n) is 3.01. The Hall–Kier alpha value is -2.23. The third kappa shape index (κ3) is 2.85. The Labute approximate surface area is 136 Å². The minimum absolute atomic E-state index is 0.132. The molecule has 0 radical (unpaired) electrons. The first-order valence-electron chi connectivity index (χ1n) is 8.08. The molecule has 3 rings (SSSR count). The van der Waals surface area contributed by atoms with Crippen LogP contribution in [0, 0.1) is 5.92 Å². The van der Waals surface area contributed by atoms with Crippen molar-refractivity contribution >= 4 is 16.4 Å². The lowest BCUT2D eigenvalue weighted by Crippen LogP contribution is -2.22. The van der Waals surface area contributed by atoms with Gasteiger partial charge in [-0.1, -0.05) is 34.6 Å². The molecule has 120 valence electrons. The Kier molecular flexibility index (Phi) is 3.71. The second-order valence-corrected chi connectivity index (χ2v) is 7.56. The summed E-state index contributed by atoms with van der Waals surface area (Å²) in [6.45, 7) is 10.7. The number of hydrogen-bond acceptors (Lipinski definition) is 3. The zero-order chi connectivity index (χ0) is 16.8. The molecule has 0 unspecified atom stereocenters. The smallest absolute Gasteiger partial charge is 0.273 e. The van der Waals surface area contributed by atoms with E-state index in [1.807, 2.05) is 22.9 Å². The fourth-order valence-corrected chi connectivity index (χ4v) is 3.01. The van der Waals surface area contributed by atoms with Gasteiger partial charge in [-0.25, -0.2) is 0 Å². The molecule has 0 aliphatic rings. The molecule has 23 heavy (non-hydrogen) atoms. The maximum absolute atomic E-state index is 12.1. The van der Waals surface area contributed by atoms with Crippen molar-refractivity contribution in [3.05, 3.63) is 52.3 Å². The average molecular weight is 309 g/mol. The minimum Gasteiger partial charge on any atom is -0.304 e. The van der Waals surface area contributed by atoms with Crippen LogP contribution in [0.3, 0.4) is 0 Å². The predicted octanol–water partition coefficient (Wildman–Crippen LogP) is 3.74. The Balaban J connectivity index is 2.41. The first kappa shape index (κ1) is 15.7. The number of fused-ring (bicyclic) bond motifs is 3. The van der Waals surface area contributed by atoms with Crippen LogP contribution in [0.25, 0.3) is 16.4 Å². The van der Waals surface area contributed by atoms with E-state index in [9.17, 15) is 4.79 Å². The van der Waals surface area contributed by atoms with Crippen molar-refractivity contribution in [3.8, 4) is 0 Å². The van der Waals surface area contributed by atoms with E-state index < -0.39 is 0 Å². The van der Waals surface area contributed by atoms with E-state index in [2.05, 4.69) is 50.7 Å². The summed E-state index contributed by atoms with van der Waals surface area (Å²) in [5, 5.41) is 2.07. The molecule has 0 atom stereocenters. The molecule has 4 heteroatoms. The number of aromatic nitrogens is 3. The van der Waals surface area contributed by atoms with Gasteiger partial charge < -0.3 is 4.40 Å². The van der Waals surface area contributed by atoms with Gasteiger partial charge in [0.2, 0.25) is 0 Å². The molecule has 3 heterocycles. The van der Waals surface area contributed by atoms with Gasteiger partial charge in [0.05, 0.1) is 0 Å². The molecule has 3 aromatic heterocycles. The SMILES string of the molecule is CC(C)Cc1nccc2c1ccn1c(C(C)(C)C)cc(=O)nc21. The van der Waals surface area contributed by atoms with Gasteiger partial charge in [0.1, 0.15) is 5.65 Å². The Morgan fingerprint density at radius 3 is 2.57 bits per heavy atom. The van der Waals surface area contributed by atoms with Crippen LogP contribution in [0.1, 0.15) is 46.0 Å². The summed E-state index contributed by atoms with van der Waals surface area (Å²) in [5.74, 6) is 0.528. The van der Waals surface area contributed by atoms with E-state index in [1.165, 1.54) is 0 Å². The topological polar surface area (TPSA) is 47.3 Å². The van der Waals surface area contributed by atoms with Gasteiger partial charge in [-0.3, -0.25) is 9.78 Å². The van der Waals surface area contributed by atoms with Crippen LogP contribution in [0.4, 0.5) is 0 Å². The quantitative estimate of drug-likeness (QED) is 0.678. The van der Waals surface area contributed by atoms with Crippen molar-refractivity contribution in [3.63, 3.8) is 0 Å². The zero-order valence-corrected chi connectivity index (χ0v) is 14.4. The second-order valence-electron chi connectivity index (χ2n) is 7.56. The summed E-state index contributed by atoms with van der Waals surface area (Å²) >= 11 is 0. The van der Waals surface area contributed by atoms with Crippen LogP contribution in [0.5, 0.6) is 0 Å². The van der Waals surface area contributed by atoms with Crippen molar-refractivity contribution in [2.24, 2.45) is 5.92 Å². The summed E-state index contributed by atoms with van der Waals surface area (Å²) in [7, 11) is 0. The second kappa shape index (κ2) is 5.44. The van der Waals surface area contributed by atoms with Gasteiger partial charge in [0.25, 0.3) is 5.56 Å². The molecule has 0 fully saturated rings. The predicted molar refractivity (Wildman–Crippen MR) is 94.0 cm³/mol. The van der Waals surface area contributed by atoms with Gasteiger partial charge in [-0.2, -0.15) is 4.98 Å². The van der Waals surface area contributed by atoms with E-state index in [-0.39, 0.29) is 11.0 Å². The average Bonchev–Trinajstić information content (AvgIpc) is 2.45. The molecule has 0 aliphatic carbocycles. The van der Waals surface area contributed by atoms with Crippen molar-refractivity contribution in [1.82, 2.24) is 14.4 Å². The number of hydrogen-bond donors (Lipinski definition) is 0. The number of rotatable bonds is 2. The highest BCUT2D eigenvalue weighted by Crippen LogP contribution is 2.26. The zero-order valence-electron chi connectivity index (χ0n) is 14.4. The first-order chi connectivity index (χ1) is 10.8. The summed E-state index contributed by atoms with van der Waals surface area (Å²) in [5.41, 5.74) is 2.43. The molecule has 0 bridgehead atoms. The number of pyridine rings is 2. The van der Waals surface area contributed by atoms with Crippen LogP contribution in [0.2, 0.25) is 0 Å². The van der Waals surface area contributed by atoms with Gasteiger partial charge in [-0.15, -0.1) is 0 Å². The lowest BCUT2D eigenvalue weighted by atomic mass is 9.91. The highest BCUT2D eigenvalue weighted by Gasteiger charge is 2.19. The number of nitrogens with zero attached hydrogens (tertiary/aromatic N) is 3.